The predicted octanol–water partition coefficient (Wildman–Crippen LogP) is 2.33. The lowest BCUT2D eigenvalue weighted by molar-refractivity contribution is -0.384. The molecule has 0 aromatic heterocycles. The van der Waals surface area contributed by atoms with Gasteiger partial charge in [0.1, 0.15) is 11.6 Å². The van der Waals surface area contributed by atoms with Crippen molar-refractivity contribution in [3.05, 3.63) is 46.2 Å². The minimum absolute atomic E-state index is 0.0709. The molecule has 1 aromatic rings. The molecule has 0 saturated carbocycles. The maximum absolute atomic E-state index is 11.9. The van der Waals surface area contributed by atoms with Crippen molar-refractivity contribution in [2.24, 2.45) is 0 Å². The van der Waals surface area contributed by atoms with E-state index in [1.165, 1.54) is 30.5 Å². The molecule has 110 valence electrons. The highest BCUT2D eigenvalue weighted by Gasteiger charge is 2.13. The number of nitro groups is 1. The molecule has 0 aliphatic carbocycles. The first kappa shape index (κ1) is 16.2. The van der Waals surface area contributed by atoms with Crippen LogP contribution < -0.4 is 10.6 Å². The van der Waals surface area contributed by atoms with Gasteiger partial charge in [0.15, 0.2) is 0 Å². The van der Waals surface area contributed by atoms with Gasteiger partial charge >= 0.3 is 0 Å². The fourth-order valence-corrected chi connectivity index (χ4v) is 1.30. The maximum Gasteiger partial charge on any atom is 0.269 e. The summed E-state index contributed by atoms with van der Waals surface area (Å²) < 4.78 is 0. The van der Waals surface area contributed by atoms with E-state index in [-0.39, 0.29) is 16.8 Å². The maximum atomic E-state index is 11.9. The molecule has 0 unspecified atom stereocenters. The topological polar surface area (TPSA) is 108 Å². The zero-order chi connectivity index (χ0) is 16.0. The Hall–Kier alpha value is -2.88. The van der Waals surface area contributed by atoms with Crippen LogP contribution in [0.1, 0.15) is 20.8 Å². The molecule has 0 radical (unpaired) electrons. The van der Waals surface area contributed by atoms with Crippen LogP contribution in [-0.4, -0.2) is 16.4 Å². The van der Waals surface area contributed by atoms with Gasteiger partial charge < -0.3 is 10.6 Å². The van der Waals surface area contributed by atoms with E-state index in [4.69, 9.17) is 5.26 Å². The van der Waals surface area contributed by atoms with Gasteiger partial charge in [0.05, 0.1) is 4.92 Å². The Kier molecular flexibility index (Phi) is 5.02. The fraction of sp³-hybridized carbons (Fsp3) is 0.286. The summed E-state index contributed by atoms with van der Waals surface area (Å²) in [5.74, 6) is -0.580. The van der Waals surface area contributed by atoms with Crippen molar-refractivity contribution < 1.29 is 9.72 Å². The van der Waals surface area contributed by atoms with Gasteiger partial charge in [0.25, 0.3) is 11.6 Å². The third-order valence-electron chi connectivity index (χ3n) is 2.35. The fourth-order valence-electron chi connectivity index (χ4n) is 1.30. The SMILES string of the molecule is CC(C)(C)N/C=C(/C#N)C(=O)Nc1ccc([N+](=O)[O-])cc1. The number of hydrogen-bond acceptors (Lipinski definition) is 5. The van der Waals surface area contributed by atoms with Crippen LogP contribution in [-0.2, 0) is 4.79 Å². The molecule has 0 saturated heterocycles. The molecule has 0 bridgehead atoms. The molecule has 1 amide bonds. The molecular formula is C14H16N4O3. The number of benzene rings is 1. The van der Waals surface area contributed by atoms with Crippen LogP contribution in [0.4, 0.5) is 11.4 Å². The van der Waals surface area contributed by atoms with E-state index in [2.05, 4.69) is 10.6 Å². The molecule has 21 heavy (non-hydrogen) atoms. The molecule has 1 aromatic carbocycles. The first-order valence-electron chi connectivity index (χ1n) is 6.17. The Morgan fingerprint density at radius 1 is 1.33 bits per heavy atom. The zero-order valence-corrected chi connectivity index (χ0v) is 12.0. The highest BCUT2D eigenvalue weighted by atomic mass is 16.6. The van der Waals surface area contributed by atoms with Gasteiger partial charge in [0, 0.05) is 29.6 Å². The normalized spacial score (nSPS) is 11.4. The zero-order valence-electron chi connectivity index (χ0n) is 12.0. The van der Waals surface area contributed by atoms with Crippen LogP contribution >= 0.6 is 0 Å². The van der Waals surface area contributed by atoms with E-state index in [0.717, 1.165) is 0 Å². The first-order chi connectivity index (χ1) is 9.73. The Morgan fingerprint density at radius 2 is 1.90 bits per heavy atom. The largest absolute Gasteiger partial charge is 0.385 e. The third kappa shape index (κ3) is 5.32. The van der Waals surface area contributed by atoms with Crippen molar-refractivity contribution in [1.29, 1.82) is 5.26 Å². The Bertz CT molecular complexity index is 607. The van der Waals surface area contributed by atoms with E-state index in [0.29, 0.717) is 5.69 Å². The number of nitriles is 1. The van der Waals surface area contributed by atoms with Crippen LogP contribution in [0.3, 0.4) is 0 Å². The van der Waals surface area contributed by atoms with Crippen LogP contribution in [0.25, 0.3) is 0 Å². The van der Waals surface area contributed by atoms with Gasteiger partial charge in [0.2, 0.25) is 0 Å². The second kappa shape index (κ2) is 6.52. The van der Waals surface area contributed by atoms with Crippen molar-refractivity contribution in [3.8, 4) is 6.07 Å². The Balaban J connectivity index is 2.79. The summed E-state index contributed by atoms with van der Waals surface area (Å²) in [5, 5.41) is 24.9. The molecule has 0 fully saturated rings. The lowest BCUT2D eigenvalue weighted by Crippen LogP contribution is -2.32. The lowest BCUT2D eigenvalue weighted by atomic mass is 10.1. The van der Waals surface area contributed by atoms with Crippen LogP contribution in [0.5, 0.6) is 0 Å². The summed E-state index contributed by atoms with van der Waals surface area (Å²) in [6.45, 7) is 5.69. The number of nitrogens with zero attached hydrogens (tertiary/aromatic N) is 2. The van der Waals surface area contributed by atoms with Crippen molar-refractivity contribution in [3.63, 3.8) is 0 Å². The number of nitro benzene ring substituents is 1. The van der Waals surface area contributed by atoms with E-state index >= 15 is 0 Å². The van der Waals surface area contributed by atoms with Crippen LogP contribution in [0.15, 0.2) is 36.0 Å². The third-order valence-corrected chi connectivity index (χ3v) is 2.35. The summed E-state index contributed by atoms with van der Waals surface area (Å²) in [5.41, 5.74) is -0.0420. The van der Waals surface area contributed by atoms with Gasteiger partial charge in [-0.2, -0.15) is 5.26 Å². The van der Waals surface area contributed by atoms with E-state index < -0.39 is 10.8 Å². The quantitative estimate of drug-likeness (QED) is 0.382. The molecule has 0 heterocycles. The predicted molar refractivity (Wildman–Crippen MR) is 78.3 cm³/mol. The van der Waals surface area contributed by atoms with Gasteiger partial charge in [-0.1, -0.05) is 0 Å². The second-order valence-corrected chi connectivity index (χ2v) is 5.32. The van der Waals surface area contributed by atoms with Crippen molar-refractivity contribution in [2.75, 3.05) is 5.32 Å². The van der Waals surface area contributed by atoms with Crippen molar-refractivity contribution in [2.45, 2.75) is 26.3 Å². The van der Waals surface area contributed by atoms with Crippen LogP contribution in [0.2, 0.25) is 0 Å². The number of non-ortho nitro benzene ring substituents is 1. The molecule has 7 heteroatoms. The Morgan fingerprint density at radius 3 is 2.33 bits per heavy atom. The minimum atomic E-state index is -0.580. The number of nitrogens with one attached hydrogen (secondary N) is 2. The smallest absolute Gasteiger partial charge is 0.269 e. The van der Waals surface area contributed by atoms with Crippen LogP contribution in [0, 0.1) is 21.4 Å². The number of rotatable bonds is 4. The molecule has 7 nitrogen and oxygen atoms in total. The number of carbonyl (C=O) groups is 1. The number of anilines is 1. The Labute approximate surface area is 122 Å². The van der Waals surface area contributed by atoms with Crippen molar-refractivity contribution >= 4 is 17.3 Å². The molecule has 0 spiro atoms. The average molecular weight is 288 g/mol. The molecule has 0 atom stereocenters. The molecule has 0 aliphatic rings. The van der Waals surface area contributed by atoms with Gasteiger partial charge in [-0.25, -0.2) is 0 Å². The molecule has 1 rings (SSSR count). The van der Waals surface area contributed by atoms with E-state index in [1.807, 2.05) is 20.8 Å². The highest BCUT2D eigenvalue weighted by molar-refractivity contribution is 6.06. The van der Waals surface area contributed by atoms with Crippen molar-refractivity contribution in [1.82, 2.24) is 5.32 Å². The summed E-state index contributed by atoms with van der Waals surface area (Å²) in [6.07, 6.45) is 1.35. The minimum Gasteiger partial charge on any atom is -0.385 e. The summed E-state index contributed by atoms with van der Waals surface area (Å²) in [6, 6.07) is 7.17. The number of carbonyl (C=O) groups excluding carboxylic acids is 1. The van der Waals surface area contributed by atoms with E-state index in [9.17, 15) is 14.9 Å². The molecule has 0 aliphatic heterocycles. The van der Waals surface area contributed by atoms with Gasteiger partial charge in [-0.15, -0.1) is 0 Å². The van der Waals surface area contributed by atoms with E-state index in [1.54, 1.807) is 6.07 Å². The first-order valence-corrected chi connectivity index (χ1v) is 6.17. The number of hydrogen-bond donors (Lipinski definition) is 2. The van der Waals surface area contributed by atoms with Gasteiger partial charge in [-0.3, -0.25) is 14.9 Å². The molecular weight excluding hydrogens is 272 g/mol. The summed E-state index contributed by atoms with van der Waals surface area (Å²) >= 11 is 0. The lowest BCUT2D eigenvalue weighted by Gasteiger charge is -2.18. The highest BCUT2D eigenvalue weighted by Crippen LogP contribution is 2.16. The summed E-state index contributed by atoms with van der Waals surface area (Å²) in [7, 11) is 0. The standard InChI is InChI=1S/C14H16N4O3/c1-14(2,3)16-9-10(8-15)13(19)17-11-4-6-12(7-5-11)18(20)21/h4-7,9,16H,1-3H3,(H,17,19)/b10-9-. The second-order valence-electron chi connectivity index (χ2n) is 5.32. The monoisotopic (exact) mass is 288 g/mol. The number of amides is 1. The average Bonchev–Trinajstić information content (AvgIpc) is 2.38. The van der Waals surface area contributed by atoms with Gasteiger partial charge in [-0.05, 0) is 32.9 Å². The summed E-state index contributed by atoms with van der Waals surface area (Å²) in [4.78, 5) is 21.9. The molecule has 2 N–H and O–H groups in total.